The molecule has 1 heterocycles. The van der Waals surface area contributed by atoms with E-state index >= 15 is 0 Å². The minimum absolute atomic E-state index is 0.0199. The molecule has 18 heteroatoms. The number of carbonyl (C=O) groups excluding carboxylic acids is 3. The van der Waals surface area contributed by atoms with Gasteiger partial charge in [0.25, 0.3) is 0 Å². The number of imidazole rings is 1. The van der Waals surface area contributed by atoms with Gasteiger partial charge in [-0.15, -0.1) is 0 Å². The van der Waals surface area contributed by atoms with Crippen LogP contribution in [0.1, 0.15) is 37.8 Å². The molecule has 0 spiro atoms. The Balaban J connectivity index is 3.05. The van der Waals surface area contributed by atoms with E-state index in [1.807, 2.05) is 6.26 Å². The number of guanidine groups is 2. The third-order valence-electron chi connectivity index (χ3n) is 5.72. The molecule has 0 aromatic carbocycles. The maximum Gasteiger partial charge on any atom is 0.326 e. The predicted octanol–water partition coefficient (Wildman–Crippen LogP) is -3.32. The summed E-state index contributed by atoms with van der Waals surface area (Å²) in [5, 5.41) is 17.3. The molecule has 3 amide bonds. The fraction of sp³-hybridized carbons (Fsp3) is 0.609. The molecule has 41 heavy (non-hydrogen) atoms. The lowest BCUT2D eigenvalue weighted by Crippen LogP contribution is -2.57. The second kappa shape index (κ2) is 19.1. The van der Waals surface area contributed by atoms with Gasteiger partial charge >= 0.3 is 5.97 Å². The number of rotatable bonds is 20. The molecule has 0 aliphatic heterocycles. The molecular weight excluding hydrogens is 556 g/mol. The lowest BCUT2D eigenvalue weighted by Gasteiger charge is -2.25. The number of hydrogen-bond donors (Lipinski definition) is 10. The first-order chi connectivity index (χ1) is 19.4. The van der Waals surface area contributed by atoms with Crippen molar-refractivity contribution >= 4 is 47.4 Å². The number of aromatic amines is 1. The number of aromatic nitrogens is 2. The van der Waals surface area contributed by atoms with E-state index in [4.69, 9.17) is 28.7 Å². The summed E-state index contributed by atoms with van der Waals surface area (Å²) in [7, 11) is 0. The summed E-state index contributed by atoms with van der Waals surface area (Å²) in [6.07, 6.45) is 6.02. The third-order valence-corrected chi connectivity index (χ3v) is 6.36. The normalized spacial score (nSPS) is 13.6. The van der Waals surface area contributed by atoms with Gasteiger partial charge < -0.3 is 54.7 Å². The van der Waals surface area contributed by atoms with Crippen LogP contribution < -0.4 is 44.6 Å². The lowest BCUT2D eigenvalue weighted by molar-refractivity contribution is -0.142. The van der Waals surface area contributed by atoms with Crippen LogP contribution in [0.4, 0.5) is 0 Å². The molecule has 0 saturated heterocycles. The molecule has 0 aliphatic rings. The molecule has 4 unspecified atom stereocenters. The number of carboxylic acid groups (broad SMARTS) is 1. The van der Waals surface area contributed by atoms with E-state index in [1.54, 1.807) is 0 Å². The number of hydrogen-bond acceptors (Lipinski definition) is 9. The highest BCUT2D eigenvalue weighted by Gasteiger charge is 2.30. The zero-order chi connectivity index (χ0) is 30.8. The van der Waals surface area contributed by atoms with E-state index in [0.717, 1.165) is 0 Å². The summed E-state index contributed by atoms with van der Waals surface area (Å²) in [4.78, 5) is 65.5. The van der Waals surface area contributed by atoms with E-state index in [-0.39, 0.29) is 50.7 Å². The van der Waals surface area contributed by atoms with Gasteiger partial charge in [-0.05, 0) is 44.1 Å². The molecule has 1 rings (SSSR count). The highest BCUT2D eigenvalue weighted by atomic mass is 32.2. The van der Waals surface area contributed by atoms with Crippen molar-refractivity contribution in [3.05, 3.63) is 18.2 Å². The first-order valence-electron chi connectivity index (χ1n) is 12.9. The topological polar surface area (TPSA) is 308 Å². The van der Waals surface area contributed by atoms with Gasteiger partial charge in [0.05, 0.1) is 12.4 Å². The Morgan fingerprint density at radius 3 is 2.00 bits per heavy atom. The van der Waals surface area contributed by atoms with Crippen molar-refractivity contribution in [1.29, 1.82) is 0 Å². The molecule has 15 N–H and O–H groups in total. The van der Waals surface area contributed by atoms with Gasteiger partial charge in [0.1, 0.15) is 18.1 Å². The van der Waals surface area contributed by atoms with E-state index in [9.17, 15) is 24.3 Å². The van der Waals surface area contributed by atoms with Crippen molar-refractivity contribution in [1.82, 2.24) is 25.9 Å². The van der Waals surface area contributed by atoms with Crippen LogP contribution in [0.25, 0.3) is 0 Å². The zero-order valence-electron chi connectivity index (χ0n) is 23.0. The lowest BCUT2D eigenvalue weighted by atomic mass is 10.1. The molecule has 0 fully saturated rings. The van der Waals surface area contributed by atoms with Crippen LogP contribution >= 0.6 is 11.8 Å². The molecule has 1 aromatic heterocycles. The average Bonchev–Trinajstić information content (AvgIpc) is 3.42. The Labute approximate surface area is 242 Å². The van der Waals surface area contributed by atoms with Gasteiger partial charge in [-0.1, -0.05) is 0 Å². The number of nitrogens with one attached hydrogen (secondary N) is 4. The van der Waals surface area contributed by atoms with Gasteiger partial charge in [-0.2, -0.15) is 11.8 Å². The number of carbonyl (C=O) groups is 4. The first kappa shape index (κ1) is 35.0. The summed E-state index contributed by atoms with van der Waals surface area (Å²) < 4.78 is 0. The number of nitrogens with two attached hydrogens (primary N) is 5. The molecule has 0 radical (unpaired) electrons. The molecule has 4 atom stereocenters. The Morgan fingerprint density at radius 1 is 0.902 bits per heavy atom. The monoisotopic (exact) mass is 598 g/mol. The van der Waals surface area contributed by atoms with Crippen molar-refractivity contribution in [2.45, 2.75) is 62.7 Å². The number of thioether (sulfide) groups is 1. The number of H-pyrrole nitrogens is 1. The van der Waals surface area contributed by atoms with Crippen LogP contribution in [0.3, 0.4) is 0 Å². The van der Waals surface area contributed by atoms with E-state index in [2.05, 4.69) is 35.9 Å². The van der Waals surface area contributed by atoms with Crippen LogP contribution in [0.5, 0.6) is 0 Å². The summed E-state index contributed by atoms with van der Waals surface area (Å²) in [5.41, 5.74) is 27.9. The maximum atomic E-state index is 13.4. The number of aliphatic carboxylic acids is 1. The zero-order valence-corrected chi connectivity index (χ0v) is 23.9. The van der Waals surface area contributed by atoms with Crippen molar-refractivity contribution in [2.24, 2.45) is 38.7 Å². The fourth-order valence-electron chi connectivity index (χ4n) is 3.56. The molecule has 0 saturated carbocycles. The minimum Gasteiger partial charge on any atom is -0.480 e. The standard InChI is InChI=1S/C23H42N12O5S/c1-41-9-6-16(21(39)40)34-19(37)15(5-3-8-31-23(27)28)33-20(38)17(10-13-11-29-12-32-13)35-18(36)14(24)4-2-7-30-22(25)26/h11-12,14-17H,2-10,24H2,1H3,(H,29,32)(H,33,38)(H,34,37)(H,35,36)(H,39,40)(H4,25,26,30)(H4,27,28,31). The number of aliphatic imine (C=N–C) groups is 2. The number of nitrogens with zero attached hydrogens (tertiary/aromatic N) is 3. The van der Waals surface area contributed by atoms with Crippen LogP contribution in [0.15, 0.2) is 22.5 Å². The second-order valence-electron chi connectivity index (χ2n) is 9.09. The molecule has 230 valence electrons. The predicted molar refractivity (Wildman–Crippen MR) is 157 cm³/mol. The smallest absolute Gasteiger partial charge is 0.326 e. The summed E-state index contributed by atoms with van der Waals surface area (Å²) in [6, 6.07) is -4.37. The molecule has 1 aromatic rings. The van der Waals surface area contributed by atoms with Crippen molar-refractivity contribution < 1.29 is 24.3 Å². The highest BCUT2D eigenvalue weighted by Crippen LogP contribution is 2.07. The fourth-order valence-corrected chi connectivity index (χ4v) is 4.04. The van der Waals surface area contributed by atoms with Crippen LogP contribution in [-0.4, -0.2) is 99.9 Å². The largest absolute Gasteiger partial charge is 0.480 e. The average molecular weight is 599 g/mol. The van der Waals surface area contributed by atoms with Crippen LogP contribution in [0, 0.1) is 0 Å². The van der Waals surface area contributed by atoms with E-state index < -0.39 is 47.9 Å². The molecule has 17 nitrogen and oxygen atoms in total. The number of carboxylic acids is 1. The third kappa shape index (κ3) is 14.8. The molecular formula is C23H42N12O5S. The van der Waals surface area contributed by atoms with E-state index in [0.29, 0.717) is 24.3 Å². The van der Waals surface area contributed by atoms with Crippen molar-refractivity contribution in [3.8, 4) is 0 Å². The summed E-state index contributed by atoms with van der Waals surface area (Å²) in [6.45, 7) is 0.464. The summed E-state index contributed by atoms with van der Waals surface area (Å²) in [5.74, 6) is -2.87. The number of amides is 3. The first-order valence-corrected chi connectivity index (χ1v) is 14.3. The van der Waals surface area contributed by atoms with Crippen molar-refractivity contribution in [2.75, 3.05) is 25.1 Å². The highest BCUT2D eigenvalue weighted by molar-refractivity contribution is 7.98. The minimum atomic E-state index is -1.20. The van der Waals surface area contributed by atoms with Crippen LogP contribution in [-0.2, 0) is 25.6 Å². The second-order valence-corrected chi connectivity index (χ2v) is 10.1. The molecule has 0 aliphatic carbocycles. The SMILES string of the molecule is CSCCC(NC(=O)C(CCCN=C(N)N)NC(=O)C(Cc1cnc[nH]1)NC(=O)C(N)CCCN=C(N)N)C(=O)O. The van der Waals surface area contributed by atoms with Gasteiger partial charge in [-0.25, -0.2) is 9.78 Å². The quantitative estimate of drug-likeness (QED) is 0.0400. The Bertz CT molecular complexity index is 1030. The van der Waals surface area contributed by atoms with E-state index in [1.165, 1.54) is 24.3 Å². The van der Waals surface area contributed by atoms with Gasteiger partial charge in [-0.3, -0.25) is 24.4 Å². The Morgan fingerprint density at radius 2 is 1.46 bits per heavy atom. The van der Waals surface area contributed by atoms with Gasteiger partial charge in [0, 0.05) is 31.4 Å². The Kier molecular flexibility index (Phi) is 16.3. The molecule has 0 bridgehead atoms. The van der Waals surface area contributed by atoms with Crippen molar-refractivity contribution in [3.63, 3.8) is 0 Å². The van der Waals surface area contributed by atoms with Crippen LogP contribution in [0.2, 0.25) is 0 Å². The summed E-state index contributed by atoms with van der Waals surface area (Å²) >= 11 is 1.44. The maximum absolute atomic E-state index is 13.4. The Hall–Kier alpha value is -4.06. The van der Waals surface area contributed by atoms with Gasteiger partial charge in [0.2, 0.25) is 17.7 Å². The van der Waals surface area contributed by atoms with Gasteiger partial charge in [0.15, 0.2) is 11.9 Å².